The predicted molar refractivity (Wildman–Crippen MR) is 102 cm³/mol. The molecule has 0 saturated heterocycles. The summed E-state index contributed by atoms with van der Waals surface area (Å²) in [6.07, 6.45) is 10.9. The zero-order valence-electron chi connectivity index (χ0n) is 13.8. The molecule has 0 radical (unpaired) electrons. The maximum Gasteiger partial charge on any atom is 0.117 e. The molecule has 0 amide bonds. The summed E-state index contributed by atoms with van der Waals surface area (Å²) in [5, 5.41) is 10.4. The molecule has 3 rings (SSSR count). The topological polar surface area (TPSA) is 46.0 Å². The van der Waals surface area contributed by atoms with Crippen molar-refractivity contribution in [3.8, 4) is 5.75 Å². The molecule has 0 saturated carbocycles. The van der Waals surface area contributed by atoms with E-state index in [1.807, 2.05) is 36.6 Å². The van der Waals surface area contributed by atoms with Crippen molar-refractivity contribution in [2.45, 2.75) is 20.3 Å². The third-order valence-electron chi connectivity index (χ3n) is 3.49. The lowest BCUT2D eigenvalue weighted by atomic mass is 10.1. The molecule has 3 aromatic rings. The summed E-state index contributed by atoms with van der Waals surface area (Å²) in [6, 6.07) is 9.41. The number of pyridine rings is 1. The fraction of sp³-hybridized carbons (Fsp3) is 0.200. The van der Waals surface area contributed by atoms with Gasteiger partial charge in [0.15, 0.2) is 0 Å². The molecule has 122 valence electrons. The van der Waals surface area contributed by atoms with E-state index >= 15 is 0 Å². The Morgan fingerprint density at radius 2 is 1.96 bits per heavy atom. The minimum absolute atomic E-state index is 0.273. The SMILES string of the molecule is CC(C)Cc1ccc(/C=C/C=C/c2nc3ccc(O)cc3s2)cn1. The number of phenolic OH excluding ortho intramolecular Hbond substituents is 1. The molecule has 3 nitrogen and oxygen atoms in total. The van der Waals surface area contributed by atoms with Gasteiger partial charge in [0, 0.05) is 11.9 Å². The Balaban J connectivity index is 1.65. The van der Waals surface area contributed by atoms with Gasteiger partial charge < -0.3 is 5.11 Å². The highest BCUT2D eigenvalue weighted by Crippen LogP contribution is 2.26. The van der Waals surface area contributed by atoms with Gasteiger partial charge in [0.1, 0.15) is 10.8 Å². The number of aromatic nitrogens is 2. The second-order valence-electron chi connectivity index (χ2n) is 6.10. The zero-order valence-corrected chi connectivity index (χ0v) is 14.6. The molecule has 0 bridgehead atoms. The standard InChI is InChI=1S/C20H20N2OS/c1-14(2)11-16-8-7-15(13-21-16)5-3-4-6-20-22-18-10-9-17(23)12-19(18)24-20/h3-10,12-14,23H,11H2,1-2H3/b5-3+,6-4+. The largest absolute Gasteiger partial charge is 0.508 e. The van der Waals surface area contributed by atoms with Crippen LogP contribution in [0.5, 0.6) is 5.75 Å². The quantitative estimate of drug-likeness (QED) is 0.641. The summed E-state index contributed by atoms with van der Waals surface area (Å²) in [5.74, 6) is 0.896. The van der Waals surface area contributed by atoms with Crippen molar-refractivity contribution in [2.24, 2.45) is 5.92 Å². The number of hydrogen-bond donors (Lipinski definition) is 1. The summed E-state index contributed by atoms with van der Waals surface area (Å²) < 4.78 is 0.989. The molecule has 1 aromatic carbocycles. The first-order valence-electron chi connectivity index (χ1n) is 7.99. The van der Waals surface area contributed by atoms with E-state index in [0.717, 1.165) is 32.9 Å². The fourth-order valence-electron chi connectivity index (χ4n) is 2.38. The van der Waals surface area contributed by atoms with Crippen LogP contribution < -0.4 is 0 Å². The Morgan fingerprint density at radius 1 is 1.12 bits per heavy atom. The molecule has 0 atom stereocenters. The fourth-order valence-corrected chi connectivity index (χ4v) is 3.29. The monoisotopic (exact) mass is 336 g/mol. The van der Waals surface area contributed by atoms with E-state index in [4.69, 9.17) is 0 Å². The summed E-state index contributed by atoms with van der Waals surface area (Å²) in [6.45, 7) is 4.40. The van der Waals surface area contributed by atoms with Gasteiger partial charge in [-0.3, -0.25) is 4.98 Å². The smallest absolute Gasteiger partial charge is 0.117 e. The number of allylic oxidation sites excluding steroid dienone is 2. The number of benzene rings is 1. The summed E-state index contributed by atoms with van der Waals surface area (Å²) in [7, 11) is 0. The van der Waals surface area contributed by atoms with E-state index < -0.39 is 0 Å². The van der Waals surface area contributed by atoms with Crippen LogP contribution >= 0.6 is 11.3 Å². The van der Waals surface area contributed by atoms with Crippen molar-refractivity contribution in [1.29, 1.82) is 0 Å². The van der Waals surface area contributed by atoms with Crippen LogP contribution in [0.15, 0.2) is 48.7 Å². The Labute approximate surface area is 146 Å². The normalized spacial score (nSPS) is 12.1. The van der Waals surface area contributed by atoms with Crippen LogP contribution in [0.1, 0.15) is 30.1 Å². The minimum Gasteiger partial charge on any atom is -0.508 e. The van der Waals surface area contributed by atoms with Crippen LogP contribution in [0.3, 0.4) is 0 Å². The third kappa shape index (κ3) is 4.30. The number of phenols is 1. The number of rotatable bonds is 5. The Hall–Kier alpha value is -2.46. The van der Waals surface area contributed by atoms with E-state index in [2.05, 4.69) is 35.9 Å². The van der Waals surface area contributed by atoms with Crippen LogP contribution in [0.2, 0.25) is 0 Å². The molecular weight excluding hydrogens is 316 g/mol. The molecule has 0 fully saturated rings. The van der Waals surface area contributed by atoms with E-state index in [1.165, 1.54) is 0 Å². The molecule has 24 heavy (non-hydrogen) atoms. The summed E-state index contributed by atoms with van der Waals surface area (Å²) >= 11 is 1.56. The first kappa shape index (κ1) is 16.4. The molecule has 0 aliphatic carbocycles. The second-order valence-corrected chi connectivity index (χ2v) is 7.17. The number of hydrogen-bond acceptors (Lipinski definition) is 4. The Morgan fingerprint density at radius 3 is 2.71 bits per heavy atom. The predicted octanol–water partition coefficient (Wildman–Crippen LogP) is 5.32. The Kier molecular flexibility index (Phi) is 5.06. The van der Waals surface area contributed by atoms with Crippen molar-refractivity contribution in [3.63, 3.8) is 0 Å². The van der Waals surface area contributed by atoms with E-state index in [-0.39, 0.29) is 5.75 Å². The molecule has 0 aliphatic heterocycles. The van der Waals surface area contributed by atoms with Gasteiger partial charge in [-0.15, -0.1) is 11.3 Å². The summed E-state index contributed by atoms with van der Waals surface area (Å²) in [5.41, 5.74) is 3.13. The second kappa shape index (κ2) is 7.41. The lowest BCUT2D eigenvalue weighted by Gasteiger charge is -2.03. The van der Waals surface area contributed by atoms with Crippen molar-refractivity contribution in [3.05, 3.63) is 64.9 Å². The molecule has 4 heteroatoms. The Bertz CT molecular complexity index is 876. The van der Waals surface area contributed by atoms with Gasteiger partial charge in [0.25, 0.3) is 0 Å². The number of aromatic hydroxyl groups is 1. The highest BCUT2D eigenvalue weighted by Gasteiger charge is 2.01. The van der Waals surface area contributed by atoms with Crippen molar-refractivity contribution in [1.82, 2.24) is 9.97 Å². The maximum absolute atomic E-state index is 9.49. The molecule has 2 aromatic heterocycles. The molecule has 1 N–H and O–H groups in total. The molecule has 0 spiro atoms. The first-order valence-corrected chi connectivity index (χ1v) is 8.81. The summed E-state index contributed by atoms with van der Waals surface area (Å²) in [4.78, 5) is 9.00. The van der Waals surface area contributed by atoms with Gasteiger partial charge in [-0.25, -0.2) is 4.98 Å². The van der Waals surface area contributed by atoms with Gasteiger partial charge in [-0.2, -0.15) is 0 Å². The van der Waals surface area contributed by atoms with Crippen molar-refractivity contribution in [2.75, 3.05) is 0 Å². The minimum atomic E-state index is 0.273. The van der Waals surface area contributed by atoms with E-state index in [0.29, 0.717) is 5.92 Å². The third-order valence-corrected chi connectivity index (χ3v) is 4.48. The lowest BCUT2D eigenvalue weighted by Crippen LogP contribution is -1.96. The van der Waals surface area contributed by atoms with Gasteiger partial charge in [-0.05, 0) is 48.2 Å². The average molecular weight is 336 g/mol. The number of thiazole rings is 1. The molecule has 0 unspecified atom stereocenters. The van der Waals surface area contributed by atoms with Gasteiger partial charge in [0.2, 0.25) is 0 Å². The van der Waals surface area contributed by atoms with Crippen LogP contribution in [0.4, 0.5) is 0 Å². The molecule has 0 aliphatic rings. The maximum atomic E-state index is 9.49. The molecular formula is C20H20N2OS. The van der Waals surface area contributed by atoms with Gasteiger partial charge in [-0.1, -0.05) is 38.1 Å². The van der Waals surface area contributed by atoms with Crippen LogP contribution in [0, 0.1) is 5.92 Å². The van der Waals surface area contributed by atoms with Crippen molar-refractivity contribution >= 4 is 33.7 Å². The van der Waals surface area contributed by atoms with Crippen LogP contribution in [-0.4, -0.2) is 15.1 Å². The number of fused-ring (bicyclic) bond motifs is 1. The van der Waals surface area contributed by atoms with E-state index in [9.17, 15) is 5.11 Å². The number of nitrogens with zero attached hydrogens (tertiary/aromatic N) is 2. The van der Waals surface area contributed by atoms with Crippen LogP contribution in [-0.2, 0) is 6.42 Å². The highest BCUT2D eigenvalue weighted by molar-refractivity contribution is 7.19. The van der Waals surface area contributed by atoms with Crippen molar-refractivity contribution < 1.29 is 5.11 Å². The van der Waals surface area contributed by atoms with Gasteiger partial charge in [0.05, 0.1) is 10.2 Å². The lowest BCUT2D eigenvalue weighted by molar-refractivity contribution is 0.476. The highest BCUT2D eigenvalue weighted by atomic mass is 32.1. The zero-order chi connectivity index (χ0) is 16.9. The molecule has 2 heterocycles. The van der Waals surface area contributed by atoms with Gasteiger partial charge >= 0.3 is 0 Å². The van der Waals surface area contributed by atoms with Crippen LogP contribution in [0.25, 0.3) is 22.4 Å². The average Bonchev–Trinajstić information content (AvgIpc) is 2.94. The first-order chi connectivity index (χ1) is 11.6. The van der Waals surface area contributed by atoms with E-state index in [1.54, 1.807) is 23.5 Å².